The van der Waals surface area contributed by atoms with Gasteiger partial charge in [-0.15, -0.1) is 0 Å². The second kappa shape index (κ2) is 20.0. The normalized spacial score (nSPS) is 13.4. The quantitative estimate of drug-likeness (QED) is 0.0581. The molecule has 0 saturated carbocycles. The van der Waals surface area contributed by atoms with Gasteiger partial charge in [0.25, 0.3) is 0 Å². The fourth-order valence-electron chi connectivity index (χ4n) is 5.21. The van der Waals surface area contributed by atoms with Crippen molar-refractivity contribution in [1.82, 2.24) is 31.6 Å². The molecule has 0 aliphatic heterocycles. The minimum atomic E-state index is -4.83. The van der Waals surface area contributed by atoms with Crippen LogP contribution in [-0.4, -0.2) is 107 Å². The van der Waals surface area contributed by atoms with Crippen LogP contribution < -0.4 is 36.5 Å². The summed E-state index contributed by atoms with van der Waals surface area (Å²) in [7, 11) is -4.83. The van der Waals surface area contributed by atoms with E-state index >= 15 is 0 Å². The molecule has 0 radical (unpaired) electrons. The third-order valence-electron chi connectivity index (χ3n) is 7.71. The number of aromatic amines is 1. The Balaban J connectivity index is 1.75. The number of primary amides is 1. The second-order valence-corrected chi connectivity index (χ2v) is 13.9. The van der Waals surface area contributed by atoms with Crippen molar-refractivity contribution in [3.63, 3.8) is 0 Å². The van der Waals surface area contributed by atoms with E-state index in [1.165, 1.54) is 23.9 Å². The van der Waals surface area contributed by atoms with Gasteiger partial charge in [0.1, 0.15) is 29.9 Å². The molecule has 0 spiro atoms. The minimum Gasteiger partial charge on any atom is -0.481 e. The molecule has 54 heavy (non-hydrogen) atoms. The van der Waals surface area contributed by atoms with Crippen LogP contribution in [0.15, 0.2) is 54.7 Å². The van der Waals surface area contributed by atoms with Crippen LogP contribution in [0.4, 0.5) is 0 Å². The Labute approximate surface area is 313 Å². The van der Waals surface area contributed by atoms with Gasteiger partial charge in [0, 0.05) is 36.9 Å². The second-order valence-electron chi connectivity index (χ2n) is 11.9. The summed E-state index contributed by atoms with van der Waals surface area (Å²) in [5.41, 5.74) is 7.43. The highest BCUT2D eigenvalue weighted by molar-refractivity contribution is 7.98. The molecular formula is C33H41N7O12S2. The van der Waals surface area contributed by atoms with Gasteiger partial charge in [-0.05, 0) is 47.8 Å². The van der Waals surface area contributed by atoms with Crippen molar-refractivity contribution in [1.29, 1.82) is 0 Å². The Hall–Kier alpha value is -5.67. The molecule has 1 heterocycles. The number of fused-ring (bicyclic) bond motifs is 1. The van der Waals surface area contributed by atoms with Crippen molar-refractivity contribution in [2.75, 3.05) is 18.6 Å². The van der Waals surface area contributed by atoms with E-state index in [-0.39, 0.29) is 25.0 Å². The summed E-state index contributed by atoms with van der Waals surface area (Å²) in [6, 6.07) is 6.90. The molecule has 0 aliphatic carbocycles. The fourth-order valence-corrected chi connectivity index (χ4v) is 6.03. The number of carbonyl (C=O) groups is 7. The lowest BCUT2D eigenvalue weighted by molar-refractivity contribution is -0.141. The average molecular weight is 792 g/mol. The molecule has 4 atom stereocenters. The molecule has 0 fully saturated rings. The molecule has 6 amide bonds. The molecule has 2 aromatic carbocycles. The standard InChI is InChI=1S/C33H41N7O12S2/c1-18(41)37-27(15-29(43)44)33(48)40-26(13-19-7-9-21(10-8-19)52-54(49,50)51)32(47)39-24(11-12-53-2)31(46)36-17-28(42)38-25(30(34)45)14-20-16-35-23-6-4-3-5-22(20)23/h3-10,16,24-27,35H,11-15,17H2,1-2H3,(H2,34,45)(H,36,46)(H,37,41)(H,38,42)(H,39,47)(H,40,48)(H,43,44)(H,49,50,51)/t24-,25-,26-,27-/m0/s1. The number of nitrogens with one attached hydrogen (secondary N) is 6. The minimum absolute atomic E-state index is 0.0701. The van der Waals surface area contributed by atoms with Crippen molar-refractivity contribution >= 4 is 74.5 Å². The summed E-state index contributed by atoms with van der Waals surface area (Å²) in [4.78, 5) is 91.4. The highest BCUT2D eigenvalue weighted by Crippen LogP contribution is 2.19. The lowest BCUT2D eigenvalue weighted by Gasteiger charge is -2.25. The zero-order chi connectivity index (χ0) is 40.0. The van der Waals surface area contributed by atoms with Crippen molar-refractivity contribution in [2.45, 2.75) is 56.8 Å². The first-order valence-corrected chi connectivity index (χ1v) is 19.0. The van der Waals surface area contributed by atoms with E-state index in [9.17, 15) is 47.1 Å². The Bertz CT molecular complexity index is 1940. The summed E-state index contributed by atoms with van der Waals surface area (Å²) in [5, 5.41) is 22.2. The summed E-state index contributed by atoms with van der Waals surface area (Å²) < 4.78 is 35.5. The zero-order valence-electron chi connectivity index (χ0n) is 29.1. The number of para-hydroxylation sites is 1. The number of hydrogen-bond acceptors (Lipinski definition) is 11. The number of thioether (sulfide) groups is 1. The van der Waals surface area contributed by atoms with Crippen LogP contribution in [0.1, 0.15) is 30.9 Å². The largest absolute Gasteiger partial charge is 0.481 e. The number of hydrogen-bond donors (Lipinski definition) is 9. The first kappa shape index (κ1) is 42.7. The number of aromatic nitrogens is 1. The maximum absolute atomic E-state index is 13.7. The van der Waals surface area contributed by atoms with Crippen LogP contribution in [0.3, 0.4) is 0 Å². The van der Waals surface area contributed by atoms with Gasteiger partial charge in [-0.1, -0.05) is 30.3 Å². The number of nitrogens with two attached hydrogens (primary N) is 1. The number of carboxylic acid groups (broad SMARTS) is 1. The lowest BCUT2D eigenvalue weighted by Crippen LogP contribution is -2.58. The molecule has 0 unspecified atom stereocenters. The van der Waals surface area contributed by atoms with Gasteiger partial charge < -0.3 is 46.6 Å². The number of amides is 6. The Kier molecular flexibility index (Phi) is 15.8. The van der Waals surface area contributed by atoms with Crippen LogP contribution in [0, 0.1) is 0 Å². The van der Waals surface area contributed by atoms with Gasteiger partial charge in [0.15, 0.2) is 0 Å². The zero-order valence-corrected chi connectivity index (χ0v) is 30.8. The van der Waals surface area contributed by atoms with Crippen molar-refractivity contribution in [3.8, 4) is 5.75 Å². The van der Waals surface area contributed by atoms with Gasteiger partial charge in [-0.2, -0.15) is 20.2 Å². The van der Waals surface area contributed by atoms with E-state index in [1.54, 1.807) is 12.5 Å². The number of aliphatic carboxylic acids is 1. The molecule has 0 bridgehead atoms. The topological polar surface area (TPSA) is 305 Å². The molecule has 1 aromatic heterocycles. The SMILES string of the molecule is CSCC[C@H](NC(=O)[C@H](Cc1ccc(OS(=O)(=O)O)cc1)NC(=O)[C@H](CC(=O)O)NC(C)=O)C(=O)NCC(=O)N[C@@H](Cc1c[nH]c2ccccc12)C(N)=O. The summed E-state index contributed by atoms with van der Waals surface area (Å²) >= 11 is 1.35. The van der Waals surface area contributed by atoms with E-state index in [2.05, 4.69) is 35.8 Å². The van der Waals surface area contributed by atoms with E-state index in [0.717, 1.165) is 35.5 Å². The van der Waals surface area contributed by atoms with E-state index in [4.69, 9.17) is 10.3 Å². The smallest absolute Gasteiger partial charge is 0.446 e. The predicted octanol–water partition coefficient (Wildman–Crippen LogP) is -1.08. The van der Waals surface area contributed by atoms with Gasteiger partial charge in [0.05, 0.1) is 13.0 Å². The third-order valence-corrected chi connectivity index (χ3v) is 8.76. The van der Waals surface area contributed by atoms with Gasteiger partial charge in [-0.25, -0.2) is 0 Å². The van der Waals surface area contributed by atoms with E-state index < -0.39 is 88.9 Å². The van der Waals surface area contributed by atoms with Crippen molar-refractivity contribution in [2.24, 2.45) is 5.73 Å². The van der Waals surface area contributed by atoms with Crippen LogP contribution in [0.25, 0.3) is 10.9 Å². The van der Waals surface area contributed by atoms with E-state index in [0.29, 0.717) is 11.3 Å². The predicted molar refractivity (Wildman–Crippen MR) is 195 cm³/mol. The molecule has 0 aliphatic rings. The fraction of sp³-hybridized carbons (Fsp3) is 0.364. The molecule has 3 aromatic rings. The molecule has 292 valence electrons. The Morgan fingerprint density at radius 2 is 1.50 bits per heavy atom. The Morgan fingerprint density at radius 3 is 2.11 bits per heavy atom. The van der Waals surface area contributed by atoms with Crippen LogP contribution in [0.2, 0.25) is 0 Å². The first-order valence-electron chi connectivity index (χ1n) is 16.2. The number of benzene rings is 2. The molecular weight excluding hydrogens is 751 g/mol. The Morgan fingerprint density at radius 1 is 0.852 bits per heavy atom. The lowest BCUT2D eigenvalue weighted by atomic mass is 10.0. The molecule has 10 N–H and O–H groups in total. The van der Waals surface area contributed by atoms with Crippen LogP contribution in [-0.2, 0) is 56.8 Å². The number of rotatable bonds is 21. The number of carboxylic acids is 1. The summed E-state index contributed by atoms with van der Waals surface area (Å²) in [5.74, 6) is -6.29. The molecule has 21 heteroatoms. The third kappa shape index (κ3) is 14.0. The van der Waals surface area contributed by atoms with Gasteiger partial charge in [-0.3, -0.25) is 38.1 Å². The maximum atomic E-state index is 13.7. The van der Waals surface area contributed by atoms with Crippen molar-refractivity contribution < 1.29 is 55.8 Å². The van der Waals surface area contributed by atoms with Crippen molar-refractivity contribution in [3.05, 3.63) is 65.9 Å². The van der Waals surface area contributed by atoms with Gasteiger partial charge in [0.2, 0.25) is 35.4 Å². The molecule has 0 saturated heterocycles. The van der Waals surface area contributed by atoms with Gasteiger partial charge >= 0.3 is 16.4 Å². The number of carbonyl (C=O) groups excluding carboxylic acids is 6. The number of H-pyrrole nitrogens is 1. The first-order chi connectivity index (χ1) is 25.4. The van der Waals surface area contributed by atoms with E-state index in [1.807, 2.05) is 24.3 Å². The molecule has 19 nitrogen and oxygen atoms in total. The van der Waals surface area contributed by atoms with Crippen LogP contribution >= 0.6 is 11.8 Å². The summed E-state index contributed by atoms with van der Waals surface area (Å²) in [6.45, 7) is 0.476. The highest BCUT2D eigenvalue weighted by Gasteiger charge is 2.31. The highest BCUT2D eigenvalue weighted by atomic mass is 32.3. The average Bonchev–Trinajstić information content (AvgIpc) is 3.50. The molecule has 3 rings (SSSR count). The monoisotopic (exact) mass is 791 g/mol. The summed E-state index contributed by atoms with van der Waals surface area (Å²) in [6.07, 6.45) is 2.49. The van der Waals surface area contributed by atoms with Crippen LogP contribution in [0.5, 0.6) is 5.75 Å². The maximum Gasteiger partial charge on any atom is 0.446 e.